The molecule has 1 saturated heterocycles. The Kier molecular flexibility index (Phi) is 6.29. The van der Waals surface area contributed by atoms with Crippen LogP contribution in [0.1, 0.15) is 38.5 Å². The first kappa shape index (κ1) is 17.8. The highest BCUT2D eigenvalue weighted by Crippen LogP contribution is 2.21. The normalized spacial score (nSPS) is 17.9. The average molecular weight is 388 g/mol. The van der Waals surface area contributed by atoms with E-state index in [4.69, 9.17) is 4.74 Å². The highest BCUT2D eigenvalue weighted by molar-refractivity contribution is 9.10. The van der Waals surface area contributed by atoms with Gasteiger partial charge in [-0.1, -0.05) is 0 Å². The van der Waals surface area contributed by atoms with Gasteiger partial charge in [0, 0.05) is 34.9 Å². The summed E-state index contributed by atoms with van der Waals surface area (Å²) in [6, 6.07) is 2.15. The van der Waals surface area contributed by atoms with Gasteiger partial charge in [0.05, 0.1) is 18.2 Å². The first-order valence-corrected chi connectivity index (χ1v) is 9.41. The zero-order valence-corrected chi connectivity index (χ0v) is 16.3. The minimum atomic E-state index is -0.0562. The molecule has 1 aromatic rings. The average Bonchev–Trinajstić information content (AvgIpc) is 2.85. The van der Waals surface area contributed by atoms with Crippen molar-refractivity contribution in [3.05, 3.63) is 20.8 Å². The Balaban J connectivity index is 1.81. The molecule has 22 heavy (non-hydrogen) atoms. The van der Waals surface area contributed by atoms with Gasteiger partial charge in [-0.15, -0.1) is 11.3 Å². The first-order chi connectivity index (χ1) is 10.4. The third-order valence-electron chi connectivity index (χ3n) is 3.52. The standard InChI is InChI=1S/C16H26BrN3OS/c1-16(2,3)21-13-5-7-20(8-6-13)15(18-4)19-10-14-9-12(17)11-22-14/h9,11,13H,5-8,10H2,1-4H3,(H,18,19). The van der Waals surface area contributed by atoms with E-state index < -0.39 is 0 Å². The van der Waals surface area contributed by atoms with E-state index in [-0.39, 0.29) is 5.60 Å². The maximum absolute atomic E-state index is 6.08. The van der Waals surface area contributed by atoms with Crippen LogP contribution in [0.2, 0.25) is 0 Å². The van der Waals surface area contributed by atoms with Crippen molar-refractivity contribution in [3.8, 4) is 0 Å². The SMILES string of the molecule is CN=C(NCc1cc(Br)cs1)N1CCC(OC(C)(C)C)CC1. The predicted molar refractivity (Wildman–Crippen MR) is 97.7 cm³/mol. The molecular formula is C16H26BrN3OS. The number of hydrogen-bond donors (Lipinski definition) is 1. The van der Waals surface area contributed by atoms with Crippen LogP contribution in [0.3, 0.4) is 0 Å². The number of piperidine rings is 1. The van der Waals surface area contributed by atoms with E-state index >= 15 is 0 Å². The zero-order valence-electron chi connectivity index (χ0n) is 13.9. The third kappa shape index (κ3) is 5.56. The van der Waals surface area contributed by atoms with E-state index in [1.54, 1.807) is 11.3 Å². The quantitative estimate of drug-likeness (QED) is 0.631. The van der Waals surface area contributed by atoms with Crippen molar-refractivity contribution in [2.45, 2.75) is 51.9 Å². The minimum Gasteiger partial charge on any atom is -0.372 e. The van der Waals surface area contributed by atoms with Gasteiger partial charge in [0.2, 0.25) is 0 Å². The van der Waals surface area contributed by atoms with Gasteiger partial charge in [-0.2, -0.15) is 0 Å². The Hall–Kier alpha value is -0.590. The third-order valence-corrected chi connectivity index (χ3v) is 5.21. The molecule has 0 unspecified atom stereocenters. The van der Waals surface area contributed by atoms with Crippen molar-refractivity contribution in [2.75, 3.05) is 20.1 Å². The second kappa shape index (κ2) is 7.79. The maximum atomic E-state index is 6.08. The Morgan fingerprint density at radius 3 is 2.64 bits per heavy atom. The highest BCUT2D eigenvalue weighted by Gasteiger charge is 2.25. The number of thiophene rings is 1. The van der Waals surface area contributed by atoms with Crippen LogP contribution in [-0.4, -0.2) is 42.7 Å². The van der Waals surface area contributed by atoms with Crippen molar-refractivity contribution < 1.29 is 4.74 Å². The fraction of sp³-hybridized carbons (Fsp3) is 0.688. The maximum Gasteiger partial charge on any atom is 0.193 e. The smallest absolute Gasteiger partial charge is 0.193 e. The molecule has 2 rings (SSSR count). The molecule has 1 aliphatic rings. The fourth-order valence-electron chi connectivity index (χ4n) is 2.63. The Labute approximate surface area is 146 Å². The van der Waals surface area contributed by atoms with Crippen molar-refractivity contribution in [2.24, 2.45) is 4.99 Å². The Morgan fingerprint density at radius 1 is 1.45 bits per heavy atom. The molecule has 0 atom stereocenters. The Morgan fingerprint density at radius 2 is 2.14 bits per heavy atom. The van der Waals surface area contributed by atoms with Crippen molar-refractivity contribution >= 4 is 33.2 Å². The van der Waals surface area contributed by atoms with Gasteiger partial charge in [-0.25, -0.2) is 0 Å². The van der Waals surface area contributed by atoms with Gasteiger partial charge in [-0.05, 0) is 55.6 Å². The molecule has 0 spiro atoms. The zero-order chi connectivity index (χ0) is 16.2. The summed E-state index contributed by atoms with van der Waals surface area (Å²) in [5, 5.41) is 5.56. The number of hydrogen-bond acceptors (Lipinski definition) is 3. The van der Waals surface area contributed by atoms with Crippen LogP contribution in [0.4, 0.5) is 0 Å². The number of nitrogens with zero attached hydrogens (tertiary/aromatic N) is 2. The number of guanidine groups is 1. The van der Waals surface area contributed by atoms with Gasteiger partial charge in [-0.3, -0.25) is 4.99 Å². The van der Waals surface area contributed by atoms with Crippen molar-refractivity contribution in [3.63, 3.8) is 0 Å². The van der Waals surface area contributed by atoms with Crippen LogP contribution in [-0.2, 0) is 11.3 Å². The molecule has 1 aromatic heterocycles. The van der Waals surface area contributed by atoms with Gasteiger partial charge in [0.15, 0.2) is 5.96 Å². The van der Waals surface area contributed by atoms with Crippen LogP contribution in [0.15, 0.2) is 20.9 Å². The number of rotatable bonds is 3. The van der Waals surface area contributed by atoms with Crippen molar-refractivity contribution in [1.82, 2.24) is 10.2 Å². The lowest BCUT2D eigenvalue weighted by atomic mass is 10.1. The molecule has 0 amide bonds. The van der Waals surface area contributed by atoms with Crippen molar-refractivity contribution in [1.29, 1.82) is 0 Å². The summed E-state index contributed by atoms with van der Waals surface area (Å²) in [5.74, 6) is 0.985. The largest absolute Gasteiger partial charge is 0.372 e. The Bertz CT molecular complexity index is 502. The van der Waals surface area contributed by atoms with E-state index in [2.05, 4.69) is 63.4 Å². The molecule has 0 bridgehead atoms. The summed E-state index contributed by atoms with van der Waals surface area (Å²) in [5.41, 5.74) is -0.0562. The summed E-state index contributed by atoms with van der Waals surface area (Å²) in [4.78, 5) is 8.05. The molecule has 4 nitrogen and oxygen atoms in total. The van der Waals surface area contributed by atoms with Crippen LogP contribution in [0.5, 0.6) is 0 Å². The second-order valence-electron chi connectivity index (χ2n) is 6.55. The van der Waals surface area contributed by atoms with Gasteiger partial charge in [0.1, 0.15) is 0 Å². The predicted octanol–water partition coefficient (Wildman–Crippen LogP) is 3.87. The molecule has 124 valence electrons. The molecule has 2 heterocycles. The van der Waals surface area contributed by atoms with E-state index in [9.17, 15) is 0 Å². The number of ether oxygens (including phenoxy) is 1. The minimum absolute atomic E-state index is 0.0562. The highest BCUT2D eigenvalue weighted by atomic mass is 79.9. The van der Waals surface area contributed by atoms with E-state index in [1.807, 2.05) is 7.05 Å². The molecule has 1 fully saturated rings. The van der Waals surface area contributed by atoms with E-state index in [0.29, 0.717) is 6.10 Å². The molecule has 0 radical (unpaired) electrons. The van der Waals surface area contributed by atoms with Crippen LogP contribution in [0.25, 0.3) is 0 Å². The summed E-state index contributed by atoms with van der Waals surface area (Å²) < 4.78 is 7.22. The topological polar surface area (TPSA) is 36.9 Å². The molecule has 1 N–H and O–H groups in total. The molecule has 6 heteroatoms. The summed E-state index contributed by atoms with van der Waals surface area (Å²) in [7, 11) is 1.85. The van der Waals surface area contributed by atoms with E-state index in [1.165, 1.54) is 4.88 Å². The molecule has 0 aliphatic carbocycles. The number of aliphatic imine (C=N–C) groups is 1. The van der Waals surface area contributed by atoms with E-state index in [0.717, 1.165) is 42.9 Å². The lowest BCUT2D eigenvalue weighted by molar-refractivity contribution is -0.0772. The lowest BCUT2D eigenvalue weighted by Gasteiger charge is -2.36. The van der Waals surface area contributed by atoms with Crippen LogP contribution in [0, 0.1) is 0 Å². The summed E-state index contributed by atoms with van der Waals surface area (Å²) >= 11 is 5.24. The monoisotopic (exact) mass is 387 g/mol. The number of halogens is 1. The molecule has 1 aliphatic heterocycles. The van der Waals surface area contributed by atoms with Crippen LogP contribution < -0.4 is 5.32 Å². The summed E-state index contributed by atoms with van der Waals surface area (Å²) in [6.45, 7) is 9.18. The first-order valence-electron chi connectivity index (χ1n) is 7.74. The molecule has 0 saturated carbocycles. The molecular weight excluding hydrogens is 362 g/mol. The van der Waals surface area contributed by atoms with Crippen LogP contribution >= 0.6 is 27.3 Å². The van der Waals surface area contributed by atoms with Gasteiger partial charge in [0.25, 0.3) is 0 Å². The lowest BCUT2D eigenvalue weighted by Crippen LogP contribution is -2.47. The molecule has 0 aromatic carbocycles. The second-order valence-corrected chi connectivity index (χ2v) is 8.46. The fourth-order valence-corrected chi connectivity index (χ4v) is 4.02. The summed E-state index contributed by atoms with van der Waals surface area (Å²) in [6.07, 6.45) is 2.48. The van der Waals surface area contributed by atoms with Gasteiger partial charge < -0.3 is 15.0 Å². The van der Waals surface area contributed by atoms with Gasteiger partial charge >= 0.3 is 0 Å². The number of likely N-dealkylation sites (tertiary alicyclic amines) is 1. The number of nitrogens with one attached hydrogen (secondary N) is 1.